The van der Waals surface area contributed by atoms with Crippen molar-refractivity contribution in [2.24, 2.45) is 10.8 Å². The summed E-state index contributed by atoms with van der Waals surface area (Å²) in [6.45, 7) is 6.16. The van der Waals surface area contributed by atoms with Crippen molar-refractivity contribution in [1.29, 1.82) is 0 Å². The Hall–Kier alpha value is -2.65. The van der Waals surface area contributed by atoms with Crippen LogP contribution in [0.15, 0.2) is 39.9 Å². The number of nitrogens with zero attached hydrogens (tertiary/aromatic N) is 1. The Labute approximate surface area is 183 Å². The number of aryl methyl sites for hydroxylation is 2. The third kappa shape index (κ3) is 7.03. The fraction of sp³-hybridized carbons (Fsp3) is 0.250. The molecule has 0 aliphatic rings. The average Bonchev–Trinajstić information content (AvgIpc) is 2.65. The van der Waals surface area contributed by atoms with E-state index in [9.17, 15) is 4.79 Å². The van der Waals surface area contributed by atoms with Crippen LogP contribution in [-0.4, -0.2) is 30.4 Å². The number of halogens is 1. The highest BCUT2D eigenvalue weighted by molar-refractivity contribution is 9.10. The lowest BCUT2D eigenvalue weighted by Crippen LogP contribution is -2.24. The maximum absolute atomic E-state index is 12.3. The van der Waals surface area contributed by atoms with Gasteiger partial charge in [-0.25, -0.2) is 0 Å². The number of hydrazone groups is 1. The smallest absolute Gasteiger partial charge is 0.262 e. The van der Waals surface area contributed by atoms with E-state index < -0.39 is 0 Å². The molecule has 0 spiro atoms. The lowest BCUT2D eigenvalue weighted by molar-refractivity contribution is -0.118. The molecule has 0 bridgehead atoms. The van der Waals surface area contributed by atoms with Crippen LogP contribution in [0.1, 0.15) is 23.6 Å². The van der Waals surface area contributed by atoms with Crippen LogP contribution in [-0.2, 0) is 4.79 Å². The highest BCUT2D eigenvalue weighted by Gasteiger charge is 2.11. The van der Waals surface area contributed by atoms with Crippen molar-refractivity contribution in [3.63, 3.8) is 0 Å². The van der Waals surface area contributed by atoms with Gasteiger partial charge in [0.05, 0.1) is 18.5 Å². The fourth-order valence-corrected chi connectivity index (χ4v) is 2.98. The molecule has 2 aromatic carbocycles. The number of carbonyl (C=O) groups excluding carboxylic acids is 1. The second kappa shape index (κ2) is 10.8. The molecule has 0 fully saturated rings. The van der Waals surface area contributed by atoms with Crippen LogP contribution in [0.4, 0.5) is 5.69 Å². The Morgan fingerprint density at radius 3 is 2.62 bits per heavy atom. The van der Waals surface area contributed by atoms with Gasteiger partial charge in [0.2, 0.25) is 0 Å². The van der Waals surface area contributed by atoms with Gasteiger partial charge in [-0.05, 0) is 95.9 Å². The number of benzene rings is 2. The summed E-state index contributed by atoms with van der Waals surface area (Å²) in [5.41, 5.74) is 11.5. The number of carbonyl (C=O) groups is 1. The minimum absolute atomic E-state index is 0.0765. The normalized spacial score (nSPS) is 10.6. The molecule has 0 saturated heterocycles. The topological polar surface area (TPSA) is 98.0 Å². The first kappa shape index (κ1) is 22.6. The molecular formula is C20H23BrN4O3S. The second-order valence-corrected chi connectivity index (χ2v) is 7.42. The van der Waals surface area contributed by atoms with Crippen LogP contribution in [0.2, 0.25) is 0 Å². The first-order chi connectivity index (χ1) is 13.8. The zero-order valence-corrected chi connectivity index (χ0v) is 18.8. The monoisotopic (exact) mass is 478 g/mol. The first-order valence-electron chi connectivity index (χ1n) is 8.85. The molecule has 2 rings (SSSR count). The average molecular weight is 479 g/mol. The number of ether oxygens (including phenoxy) is 2. The van der Waals surface area contributed by atoms with Gasteiger partial charge in [0, 0.05) is 4.47 Å². The summed E-state index contributed by atoms with van der Waals surface area (Å²) in [5, 5.41) is 6.83. The summed E-state index contributed by atoms with van der Waals surface area (Å²) in [6.07, 6.45) is 1.55. The molecule has 0 saturated carbocycles. The Kier molecular flexibility index (Phi) is 8.41. The summed E-state index contributed by atoms with van der Waals surface area (Å²) in [4.78, 5) is 12.3. The second-order valence-electron chi connectivity index (χ2n) is 6.13. The number of thiocarbonyl (C=S) groups is 1. The number of nitrogens with one attached hydrogen (secondary N) is 2. The maximum atomic E-state index is 12.3. The minimum Gasteiger partial charge on any atom is -0.490 e. The van der Waals surface area contributed by atoms with Crippen molar-refractivity contribution in [2.45, 2.75) is 20.8 Å². The van der Waals surface area contributed by atoms with Gasteiger partial charge in [0.25, 0.3) is 5.91 Å². The lowest BCUT2D eigenvalue weighted by atomic mass is 10.1. The quantitative estimate of drug-likeness (QED) is 0.304. The van der Waals surface area contributed by atoms with Gasteiger partial charge in [-0.1, -0.05) is 0 Å². The molecular weight excluding hydrogens is 456 g/mol. The molecule has 0 aliphatic heterocycles. The number of anilines is 1. The molecule has 29 heavy (non-hydrogen) atoms. The van der Waals surface area contributed by atoms with Gasteiger partial charge in [-0.2, -0.15) is 5.10 Å². The molecule has 9 heteroatoms. The third-order valence-corrected chi connectivity index (χ3v) is 4.62. The van der Waals surface area contributed by atoms with E-state index in [1.165, 1.54) is 0 Å². The summed E-state index contributed by atoms with van der Waals surface area (Å²) in [5.74, 6) is 0.690. The summed E-state index contributed by atoms with van der Waals surface area (Å²) in [7, 11) is 0. The van der Waals surface area contributed by atoms with Gasteiger partial charge >= 0.3 is 0 Å². The molecule has 0 aromatic heterocycles. The molecule has 154 valence electrons. The molecule has 2 aromatic rings. The van der Waals surface area contributed by atoms with E-state index in [1.807, 2.05) is 32.9 Å². The lowest BCUT2D eigenvalue weighted by Gasteiger charge is -2.14. The van der Waals surface area contributed by atoms with Gasteiger partial charge in [-0.15, -0.1) is 0 Å². The predicted octanol–water partition coefficient (Wildman–Crippen LogP) is 3.65. The van der Waals surface area contributed by atoms with E-state index in [1.54, 1.807) is 24.4 Å². The Bertz CT molecular complexity index is 934. The van der Waals surface area contributed by atoms with Gasteiger partial charge in [0.1, 0.15) is 0 Å². The van der Waals surface area contributed by atoms with E-state index in [0.29, 0.717) is 23.8 Å². The fourth-order valence-electron chi connectivity index (χ4n) is 2.37. The van der Waals surface area contributed by atoms with Crippen molar-refractivity contribution >= 4 is 51.1 Å². The Balaban J connectivity index is 2.05. The van der Waals surface area contributed by atoms with Gasteiger partial charge in [-0.3, -0.25) is 10.2 Å². The minimum atomic E-state index is -0.275. The highest BCUT2D eigenvalue weighted by atomic mass is 79.9. The summed E-state index contributed by atoms with van der Waals surface area (Å²) >= 11 is 8.16. The van der Waals surface area contributed by atoms with Crippen molar-refractivity contribution in [1.82, 2.24) is 5.43 Å². The zero-order chi connectivity index (χ0) is 21.4. The first-order valence-corrected chi connectivity index (χ1v) is 10.0. The third-order valence-electron chi connectivity index (χ3n) is 3.87. The maximum Gasteiger partial charge on any atom is 0.262 e. The molecule has 4 N–H and O–H groups in total. The summed E-state index contributed by atoms with van der Waals surface area (Å²) in [6, 6.07) is 9.12. The molecule has 0 unspecified atom stereocenters. The molecule has 7 nitrogen and oxygen atoms in total. The van der Waals surface area contributed by atoms with Crippen LogP contribution in [0, 0.1) is 13.8 Å². The van der Waals surface area contributed by atoms with Crippen LogP contribution >= 0.6 is 28.1 Å². The number of rotatable bonds is 8. The van der Waals surface area contributed by atoms with Crippen molar-refractivity contribution < 1.29 is 14.3 Å². The van der Waals surface area contributed by atoms with E-state index in [4.69, 9.17) is 27.4 Å². The standard InChI is InChI=1S/C20H23BrN4O3S/c1-4-27-18-9-14(10-23-25-20(22)29)5-6-17(18)28-11-19(26)24-16-8-13(3)12(2)7-15(16)21/h5-10H,4,11H2,1-3H3,(H,24,26)(H3,22,25,29). The Morgan fingerprint density at radius 2 is 1.93 bits per heavy atom. The van der Waals surface area contributed by atoms with Crippen LogP contribution < -0.4 is 25.9 Å². The number of amides is 1. The molecule has 0 atom stereocenters. The van der Waals surface area contributed by atoms with E-state index in [2.05, 4.69) is 31.8 Å². The van der Waals surface area contributed by atoms with Gasteiger partial charge in [0.15, 0.2) is 23.2 Å². The largest absolute Gasteiger partial charge is 0.490 e. The van der Waals surface area contributed by atoms with E-state index >= 15 is 0 Å². The summed E-state index contributed by atoms with van der Waals surface area (Å²) < 4.78 is 12.1. The van der Waals surface area contributed by atoms with Crippen LogP contribution in [0.5, 0.6) is 11.5 Å². The van der Waals surface area contributed by atoms with Gasteiger partial charge < -0.3 is 20.5 Å². The zero-order valence-electron chi connectivity index (χ0n) is 16.4. The molecule has 0 heterocycles. The Morgan fingerprint density at radius 1 is 1.21 bits per heavy atom. The SMILES string of the molecule is CCOc1cc(C=NNC(N)=S)ccc1OCC(=O)Nc1cc(C)c(C)cc1Br. The van der Waals surface area contributed by atoms with Crippen LogP contribution in [0.3, 0.4) is 0 Å². The number of hydrogen-bond donors (Lipinski definition) is 3. The molecule has 0 radical (unpaired) electrons. The van der Waals surface area contributed by atoms with E-state index in [-0.39, 0.29) is 17.6 Å². The van der Waals surface area contributed by atoms with Crippen molar-refractivity contribution in [3.05, 3.63) is 51.5 Å². The van der Waals surface area contributed by atoms with Crippen molar-refractivity contribution in [2.75, 3.05) is 18.5 Å². The highest BCUT2D eigenvalue weighted by Crippen LogP contribution is 2.29. The van der Waals surface area contributed by atoms with Crippen molar-refractivity contribution in [3.8, 4) is 11.5 Å². The molecule has 0 aliphatic carbocycles. The number of hydrogen-bond acceptors (Lipinski definition) is 5. The van der Waals surface area contributed by atoms with Crippen LogP contribution in [0.25, 0.3) is 0 Å². The van der Waals surface area contributed by atoms with E-state index in [0.717, 1.165) is 21.2 Å². The number of nitrogens with two attached hydrogens (primary N) is 1. The molecule has 1 amide bonds. The predicted molar refractivity (Wildman–Crippen MR) is 123 cm³/mol.